The molecule has 3 heteroatoms. The molecule has 0 aromatic heterocycles. The number of carbonyl (C=O) groups excluding carboxylic acids is 1. The molecule has 0 fully saturated rings. The number of rotatable bonds is 6. The number of ether oxygens (including phenoxy) is 1. The Bertz CT molecular complexity index is 370. The van der Waals surface area contributed by atoms with Gasteiger partial charge >= 0.3 is 5.97 Å². The molecule has 0 amide bonds. The predicted molar refractivity (Wildman–Crippen MR) is 71.6 cm³/mol. The Morgan fingerprint density at radius 2 is 1.83 bits per heavy atom. The zero-order chi connectivity index (χ0) is 13.5. The lowest BCUT2D eigenvalue weighted by molar-refractivity contribution is 0.0475. The molecule has 1 rings (SSSR count). The van der Waals surface area contributed by atoms with Crippen molar-refractivity contribution in [1.82, 2.24) is 0 Å². The van der Waals surface area contributed by atoms with Gasteiger partial charge in [0.1, 0.15) is 5.75 Å². The number of hydrogen-bond acceptors (Lipinski definition) is 3. The van der Waals surface area contributed by atoms with E-state index in [9.17, 15) is 4.79 Å². The van der Waals surface area contributed by atoms with Gasteiger partial charge in [-0.05, 0) is 42.5 Å². The van der Waals surface area contributed by atoms with E-state index in [4.69, 9.17) is 9.84 Å². The lowest BCUT2D eigenvalue weighted by Crippen LogP contribution is -2.13. The Hall–Kier alpha value is -1.51. The van der Waals surface area contributed by atoms with Crippen molar-refractivity contribution < 1.29 is 14.6 Å². The van der Waals surface area contributed by atoms with Crippen LogP contribution in [-0.4, -0.2) is 17.7 Å². The van der Waals surface area contributed by atoms with E-state index in [1.54, 1.807) is 12.1 Å². The largest absolute Gasteiger partial charge is 0.508 e. The van der Waals surface area contributed by atoms with E-state index in [1.807, 2.05) is 0 Å². The van der Waals surface area contributed by atoms with Gasteiger partial charge in [-0.3, -0.25) is 0 Å². The number of phenolic OH excluding ortho intramolecular Hbond substituents is 1. The van der Waals surface area contributed by atoms with Gasteiger partial charge in [-0.1, -0.05) is 27.2 Å². The van der Waals surface area contributed by atoms with Crippen molar-refractivity contribution >= 4 is 5.97 Å². The summed E-state index contributed by atoms with van der Waals surface area (Å²) in [6.07, 6.45) is 2.03. The summed E-state index contributed by atoms with van der Waals surface area (Å²) in [4.78, 5) is 11.7. The topological polar surface area (TPSA) is 46.5 Å². The highest BCUT2D eigenvalue weighted by atomic mass is 16.5. The first-order chi connectivity index (χ1) is 8.54. The normalized spacial score (nSPS) is 13.9. The van der Waals surface area contributed by atoms with Gasteiger partial charge in [-0.2, -0.15) is 0 Å². The molecule has 1 N–H and O–H groups in total. The molecule has 0 aliphatic heterocycles. The summed E-state index contributed by atoms with van der Waals surface area (Å²) in [5.41, 5.74) is 0.476. The van der Waals surface area contributed by atoms with E-state index >= 15 is 0 Å². The maximum absolute atomic E-state index is 11.7. The molecular weight excluding hydrogens is 228 g/mol. The molecule has 0 saturated carbocycles. The first-order valence-corrected chi connectivity index (χ1v) is 6.50. The Balaban J connectivity index is 2.35. The molecule has 0 bridgehead atoms. The van der Waals surface area contributed by atoms with E-state index < -0.39 is 0 Å². The minimum atomic E-state index is -0.327. The standard InChI is InChI=1S/C15H22O3/c1-4-11(2)12(3)9-10-18-15(17)13-5-7-14(16)8-6-13/h5-8,11-12,16H,4,9-10H2,1-3H3/t11-,12-/m0/s1. The summed E-state index contributed by atoms with van der Waals surface area (Å²) < 4.78 is 5.21. The third kappa shape index (κ3) is 4.40. The van der Waals surface area contributed by atoms with E-state index in [0.29, 0.717) is 24.0 Å². The maximum Gasteiger partial charge on any atom is 0.338 e. The molecule has 0 aliphatic carbocycles. The van der Waals surface area contributed by atoms with Gasteiger partial charge in [0.2, 0.25) is 0 Å². The van der Waals surface area contributed by atoms with Crippen LogP contribution in [0.3, 0.4) is 0 Å². The van der Waals surface area contributed by atoms with Crippen LogP contribution in [-0.2, 0) is 4.74 Å². The second-order valence-corrected chi connectivity index (χ2v) is 4.83. The molecule has 100 valence electrons. The minimum Gasteiger partial charge on any atom is -0.508 e. The van der Waals surface area contributed by atoms with Crippen LogP contribution in [0.25, 0.3) is 0 Å². The Morgan fingerprint density at radius 1 is 1.22 bits per heavy atom. The second kappa shape index (κ2) is 7.04. The molecule has 0 radical (unpaired) electrons. The summed E-state index contributed by atoms with van der Waals surface area (Å²) in [7, 11) is 0. The number of hydrogen-bond donors (Lipinski definition) is 1. The highest BCUT2D eigenvalue weighted by Crippen LogP contribution is 2.18. The molecule has 0 spiro atoms. The molecular formula is C15H22O3. The van der Waals surface area contributed by atoms with Crippen LogP contribution in [0, 0.1) is 11.8 Å². The third-order valence-corrected chi connectivity index (χ3v) is 3.52. The van der Waals surface area contributed by atoms with E-state index in [0.717, 1.165) is 12.8 Å². The summed E-state index contributed by atoms with van der Waals surface area (Å²) in [6.45, 7) is 7.02. The predicted octanol–water partition coefficient (Wildman–Crippen LogP) is 3.62. The zero-order valence-corrected chi connectivity index (χ0v) is 11.3. The Kier molecular flexibility index (Phi) is 5.69. The van der Waals surface area contributed by atoms with E-state index in [1.165, 1.54) is 12.1 Å². The molecule has 3 nitrogen and oxygen atoms in total. The lowest BCUT2D eigenvalue weighted by Gasteiger charge is -2.17. The van der Waals surface area contributed by atoms with Gasteiger partial charge in [0.05, 0.1) is 12.2 Å². The van der Waals surface area contributed by atoms with Gasteiger partial charge < -0.3 is 9.84 Å². The molecule has 18 heavy (non-hydrogen) atoms. The van der Waals surface area contributed by atoms with Gasteiger partial charge in [-0.25, -0.2) is 4.79 Å². The number of carbonyl (C=O) groups is 1. The molecule has 0 saturated heterocycles. The summed E-state index contributed by atoms with van der Waals surface area (Å²) in [6, 6.07) is 6.10. The van der Waals surface area contributed by atoms with Gasteiger partial charge in [-0.15, -0.1) is 0 Å². The van der Waals surface area contributed by atoms with Crippen LogP contribution in [0.2, 0.25) is 0 Å². The Labute approximate surface area is 109 Å². The average Bonchev–Trinajstić information content (AvgIpc) is 2.38. The summed E-state index contributed by atoms with van der Waals surface area (Å²) >= 11 is 0. The van der Waals surface area contributed by atoms with Crippen molar-refractivity contribution in [1.29, 1.82) is 0 Å². The van der Waals surface area contributed by atoms with Crippen molar-refractivity contribution in [2.45, 2.75) is 33.6 Å². The highest BCUT2D eigenvalue weighted by molar-refractivity contribution is 5.89. The maximum atomic E-state index is 11.7. The summed E-state index contributed by atoms with van der Waals surface area (Å²) in [5, 5.41) is 9.12. The van der Waals surface area contributed by atoms with Crippen molar-refractivity contribution in [3.63, 3.8) is 0 Å². The minimum absolute atomic E-state index is 0.150. The van der Waals surface area contributed by atoms with Gasteiger partial charge in [0, 0.05) is 0 Å². The van der Waals surface area contributed by atoms with Gasteiger partial charge in [0.15, 0.2) is 0 Å². The quantitative estimate of drug-likeness (QED) is 0.784. The van der Waals surface area contributed by atoms with Gasteiger partial charge in [0.25, 0.3) is 0 Å². The number of benzene rings is 1. The zero-order valence-electron chi connectivity index (χ0n) is 11.3. The first-order valence-electron chi connectivity index (χ1n) is 6.50. The molecule has 1 aromatic carbocycles. The first kappa shape index (κ1) is 14.6. The molecule has 1 aromatic rings. The molecule has 0 aliphatic rings. The van der Waals surface area contributed by atoms with Crippen LogP contribution in [0.15, 0.2) is 24.3 Å². The fourth-order valence-electron chi connectivity index (χ4n) is 1.71. The number of esters is 1. The van der Waals surface area contributed by atoms with Crippen molar-refractivity contribution in [3.8, 4) is 5.75 Å². The lowest BCUT2D eigenvalue weighted by atomic mass is 9.91. The van der Waals surface area contributed by atoms with Crippen LogP contribution in [0.4, 0.5) is 0 Å². The monoisotopic (exact) mass is 250 g/mol. The fourth-order valence-corrected chi connectivity index (χ4v) is 1.71. The SMILES string of the molecule is CC[C@H](C)[C@@H](C)CCOC(=O)c1ccc(O)cc1. The van der Waals surface area contributed by atoms with Crippen molar-refractivity contribution in [2.75, 3.05) is 6.61 Å². The number of aromatic hydroxyl groups is 1. The van der Waals surface area contributed by atoms with Crippen LogP contribution in [0.1, 0.15) is 44.0 Å². The average molecular weight is 250 g/mol. The van der Waals surface area contributed by atoms with Crippen LogP contribution >= 0.6 is 0 Å². The van der Waals surface area contributed by atoms with Crippen molar-refractivity contribution in [3.05, 3.63) is 29.8 Å². The molecule has 0 heterocycles. The van der Waals surface area contributed by atoms with E-state index in [2.05, 4.69) is 20.8 Å². The second-order valence-electron chi connectivity index (χ2n) is 4.83. The third-order valence-electron chi connectivity index (χ3n) is 3.52. The number of phenols is 1. The van der Waals surface area contributed by atoms with Crippen molar-refractivity contribution in [2.24, 2.45) is 11.8 Å². The van der Waals surface area contributed by atoms with E-state index in [-0.39, 0.29) is 11.7 Å². The van der Waals surface area contributed by atoms with Crippen LogP contribution < -0.4 is 0 Å². The molecule has 0 unspecified atom stereocenters. The highest BCUT2D eigenvalue weighted by Gasteiger charge is 2.12. The fraction of sp³-hybridized carbons (Fsp3) is 0.533. The summed E-state index contributed by atoms with van der Waals surface area (Å²) in [5.74, 6) is 1.03. The Morgan fingerprint density at radius 3 is 2.39 bits per heavy atom. The molecule has 2 atom stereocenters. The smallest absolute Gasteiger partial charge is 0.338 e. The van der Waals surface area contributed by atoms with Crippen LogP contribution in [0.5, 0.6) is 5.75 Å².